The molecule has 0 radical (unpaired) electrons. The number of rotatable bonds is 6. The van der Waals surface area contributed by atoms with Crippen molar-refractivity contribution in [2.24, 2.45) is 0 Å². The molecule has 0 saturated carbocycles. The molecule has 1 aromatic heterocycles. The number of thiophene rings is 1. The first-order valence-corrected chi connectivity index (χ1v) is 5.87. The Morgan fingerprint density at radius 2 is 2.22 bits per heavy atom. The molecule has 1 heterocycles. The Morgan fingerprint density at radius 1 is 1.56 bits per heavy atom. The third-order valence-corrected chi connectivity index (χ3v) is 2.92. The largest absolute Gasteiger partial charge is 0.480 e. The van der Waals surface area contributed by atoms with Gasteiger partial charge in [-0.1, -0.05) is 0 Å². The number of carboxylic acid groups (broad SMARTS) is 1. The summed E-state index contributed by atoms with van der Waals surface area (Å²) in [6.45, 7) is -1.75. The highest BCUT2D eigenvalue weighted by Crippen LogP contribution is 2.27. The Labute approximate surface area is 106 Å². The highest BCUT2D eigenvalue weighted by Gasteiger charge is 2.23. The monoisotopic (exact) mass is 279 g/mol. The van der Waals surface area contributed by atoms with Crippen molar-refractivity contribution in [3.05, 3.63) is 16.3 Å². The molecule has 1 N–H and O–H groups in total. The molecular weight excluding hydrogens is 268 g/mol. The number of hydrogen-bond donors (Lipinski definition) is 1. The highest BCUT2D eigenvalue weighted by atomic mass is 32.1. The van der Waals surface area contributed by atoms with E-state index in [1.165, 1.54) is 11.4 Å². The molecule has 0 aliphatic rings. The number of aliphatic carboxylic acids is 1. The molecule has 1 rings (SSSR count). The van der Waals surface area contributed by atoms with E-state index in [0.29, 0.717) is 0 Å². The summed E-state index contributed by atoms with van der Waals surface area (Å²) in [6.07, 6.45) is 0. The molecule has 5 nitrogen and oxygen atoms in total. The molecule has 0 aromatic carbocycles. The normalized spacial score (nSPS) is 10.4. The van der Waals surface area contributed by atoms with Gasteiger partial charge in [0.25, 0.3) is 5.91 Å². The van der Waals surface area contributed by atoms with Gasteiger partial charge in [0, 0.05) is 6.54 Å². The maximum absolute atomic E-state index is 12.1. The van der Waals surface area contributed by atoms with Crippen molar-refractivity contribution >= 4 is 23.2 Å². The molecule has 0 atom stereocenters. The van der Waals surface area contributed by atoms with Gasteiger partial charge < -0.3 is 14.7 Å². The zero-order valence-corrected chi connectivity index (χ0v) is 10.2. The van der Waals surface area contributed by atoms with Crippen molar-refractivity contribution in [3.63, 3.8) is 0 Å². The van der Waals surface area contributed by atoms with E-state index in [2.05, 4.69) is 4.74 Å². The molecule has 18 heavy (non-hydrogen) atoms. The van der Waals surface area contributed by atoms with Crippen molar-refractivity contribution < 1.29 is 28.2 Å². The summed E-state index contributed by atoms with van der Waals surface area (Å²) in [7, 11) is 0. The average molecular weight is 279 g/mol. The zero-order chi connectivity index (χ0) is 13.7. The average Bonchev–Trinajstić information content (AvgIpc) is 2.71. The molecule has 1 amide bonds. The second-order valence-electron chi connectivity index (χ2n) is 3.21. The summed E-state index contributed by atoms with van der Waals surface area (Å²) in [5.41, 5.74) is 0. The predicted molar refractivity (Wildman–Crippen MR) is 60.2 cm³/mol. The second kappa shape index (κ2) is 6.29. The fourth-order valence-electron chi connectivity index (χ4n) is 1.28. The molecular formula is C10H11F2NO4S. The lowest BCUT2D eigenvalue weighted by atomic mass is 10.3. The van der Waals surface area contributed by atoms with Crippen molar-refractivity contribution in [2.75, 3.05) is 13.1 Å². The van der Waals surface area contributed by atoms with Gasteiger partial charge in [-0.05, 0) is 18.4 Å². The van der Waals surface area contributed by atoms with E-state index >= 15 is 0 Å². The van der Waals surface area contributed by atoms with Gasteiger partial charge in [0.2, 0.25) is 0 Å². The molecule has 0 spiro atoms. The van der Waals surface area contributed by atoms with Crippen molar-refractivity contribution in [1.29, 1.82) is 0 Å². The number of halogens is 2. The fraction of sp³-hybridized carbons (Fsp3) is 0.400. The van der Waals surface area contributed by atoms with Crippen LogP contribution in [0.2, 0.25) is 0 Å². The predicted octanol–water partition coefficient (Wildman–Crippen LogP) is 1.90. The zero-order valence-electron chi connectivity index (χ0n) is 9.43. The first-order chi connectivity index (χ1) is 8.45. The molecule has 0 aliphatic carbocycles. The minimum absolute atomic E-state index is 0.0293. The van der Waals surface area contributed by atoms with E-state index in [4.69, 9.17) is 5.11 Å². The number of carbonyl (C=O) groups excluding carboxylic acids is 1. The molecule has 8 heteroatoms. The summed E-state index contributed by atoms with van der Waals surface area (Å²) < 4.78 is 28.4. The van der Waals surface area contributed by atoms with Gasteiger partial charge >= 0.3 is 12.6 Å². The minimum Gasteiger partial charge on any atom is -0.480 e. The number of carbonyl (C=O) groups is 2. The Balaban J connectivity index is 2.88. The summed E-state index contributed by atoms with van der Waals surface area (Å²) in [5, 5.41) is 10.1. The lowest BCUT2D eigenvalue weighted by molar-refractivity contribution is -0.137. The lowest BCUT2D eigenvalue weighted by Gasteiger charge is -2.18. The van der Waals surface area contributed by atoms with E-state index in [0.717, 1.165) is 16.2 Å². The Morgan fingerprint density at radius 3 is 2.72 bits per heavy atom. The van der Waals surface area contributed by atoms with Crippen LogP contribution in [-0.2, 0) is 4.79 Å². The SMILES string of the molecule is CCN(CC(=O)O)C(=O)c1sccc1OC(F)F. The summed E-state index contributed by atoms with van der Waals surface area (Å²) >= 11 is 0.928. The number of alkyl halides is 2. The molecule has 0 bridgehead atoms. The van der Waals surface area contributed by atoms with Crippen LogP contribution >= 0.6 is 11.3 Å². The summed E-state index contributed by atoms with van der Waals surface area (Å²) in [6, 6.07) is 1.25. The molecule has 100 valence electrons. The van der Waals surface area contributed by atoms with Crippen LogP contribution in [0.3, 0.4) is 0 Å². The lowest BCUT2D eigenvalue weighted by Crippen LogP contribution is -2.35. The maximum Gasteiger partial charge on any atom is 0.387 e. The van der Waals surface area contributed by atoms with Gasteiger partial charge in [-0.25, -0.2) is 0 Å². The highest BCUT2D eigenvalue weighted by molar-refractivity contribution is 7.12. The number of carboxylic acids is 1. The first kappa shape index (κ1) is 14.4. The third-order valence-electron chi connectivity index (χ3n) is 2.03. The number of ether oxygens (including phenoxy) is 1. The number of amides is 1. The Hall–Kier alpha value is -1.70. The molecule has 0 aliphatic heterocycles. The van der Waals surface area contributed by atoms with Gasteiger partial charge in [-0.3, -0.25) is 9.59 Å². The molecule has 0 fully saturated rings. The second-order valence-corrected chi connectivity index (χ2v) is 4.12. The topological polar surface area (TPSA) is 66.8 Å². The molecule has 0 unspecified atom stereocenters. The molecule has 0 saturated heterocycles. The van der Waals surface area contributed by atoms with Crippen LogP contribution in [-0.4, -0.2) is 41.6 Å². The van der Waals surface area contributed by atoms with Crippen LogP contribution in [0.15, 0.2) is 11.4 Å². The van der Waals surface area contributed by atoms with E-state index in [-0.39, 0.29) is 17.2 Å². The van der Waals surface area contributed by atoms with Crippen molar-refractivity contribution in [2.45, 2.75) is 13.5 Å². The van der Waals surface area contributed by atoms with Crippen molar-refractivity contribution in [1.82, 2.24) is 4.90 Å². The van der Waals surface area contributed by atoms with Crippen LogP contribution in [0, 0.1) is 0 Å². The Bertz CT molecular complexity index is 435. The van der Waals surface area contributed by atoms with Crippen LogP contribution in [0.4, 0.5) is 8.78 Å². The van der Waals surface area contributed by atoms with E-state index in [1.807, 2.05) is 0 Å². The quantitative estimate of drug-likeness (QED) is 0.863. The maximum atomic E-state index is 12.1. The van der Waals surface area contributed by atoms with Gasteiger partial charge in [-0.2, -0.15) is 8.78 Å². The van der Waals surface area contributed by atoms with Gasteiger partial charge in [0.15, 0.2) is 0 Å². The standard InChI is InChI=1S/C10H11F2NO4S/c1-2-13(5-7(14)15)9(16)8-6(3-4-18-8)17-10(11)12/h3-4,10H,2,5H2,1H3,(H,14,15). The van der Waals surface area contributed by atoms with E-state index in [9.17, 15) is 18.4 Å². The minimum atomic E-state index is -3.03. The van der Waals surface area contributed by atoms with Gasteiger partial charge in [-0.15, -0.1) is 11.3 Å². The summed E-state index contributed by atoms with van der Waals surface area (Å²) in [5.74, 6) is -2.03. The van der Waals surface area contributed by atoms with Crippen LogP contribution in [0.5, 0.6) is 5.75 Å². The Kier molecular flexibility index (Phi) is 5.02. The van der Waals surface area contributed by atoms with Crippen LogP contribution < -0.4 is 4.74 Å². The summed E-state index contributed by atoms with van der Waals surface area (Å²) in [4.78, 5) is 23.5. The van der Waals surface area contributed by atoms with E-state index < -0.39 is 25.0 Å². The fourth-order valence-corrected chi connectivity index (χ4v) is 2.07. The van der Waals surface area contributed by atoms with Crippen LogP contribution in [0.1, 0.15) is 16.6 Å². The molecule has 1 aromatic rings. The van der Waals surface area contributed by atoms with E-state index in [1.54, 1.807) is 6.92 Å². The number of nitrogens with zero attached hydrogens (tertiary/aromatic N) is 1. The number of likely N-dealkylation sites (N-methyl/N-ethyl adjacent to an activating group) is 1. The smallest absolute Gasteiger partial charge is 0.387 e. The van der Waals surface area contributed by atoms with Crippen molar-refractivity contribution in [3.8, 4) is 5.75 Å². The third kappa shape index (κ3) is 3.66. The van der Waals surface area contributed by atoms with Crippen LogP contribution in [0.25, 0.3) is 0 Å². The van der Waals surface area contributed by atoms with Gasteiger partial charge in [0.1, 0.15) is 17.2 Å². The first-order valence-electron chi connectivity index (χ1n) is 4.99. The number of hydrogen-bond acceptors (Lipinski definition) is 4. The van der Waals surface area contributed by atoms with Gasteiger partial charge in [0.05, 0.1) is 0 Å².